The van der Waals surface area contributed by atoms with E-state index in [1.807, 2.05) is 24.3 Å². The highest BCUT2D eigenvalue weighted by molar-refractivity contribution is 6.45. The predicted molar refractivity (Wildman–Crippen MR) is 244 cm³/mol. The first kappa shape index (κ1) is 34.3. The van der Waals surface area contributed by atoms with Gasteiger partial charge >= 0.3 is 6.18 Å². The van der Waals surface area contributed by atoms with Crippen molar-refractivity contribution < 1.29 is 13.2 Å². The number of alkyl halides is 3. The topological polar surface area (TPSA) is 4.36 Å². The fourth-order valence-electron chi connectivity index (χ4n) is 10.1. The Morgan fingerprint density at radius 3 is 1.58 bits per heavy atom. The Morgan fingerprint density at radius 2 is 0.867 bits per heavy atom. The zero-order valence-corrected chi connectivity index (χ0v) is 31.9. The minimum Gasteiger partial charge on any atom is -0.238 e. The molecule has 0 N–H and O–H groups in total. The summed E-state index contributed by atoms with van der Waals surface area (Å²) in [4.78, 5) is 3.37. The van der Waals surface area contributed by atoms with Crippen molar-refractivity contribution in [2.24, 2.45) is 0 Å². The van der Waals surface area contributed by atoms with E-state index in [9.17, 15) is 13.2 Å². The molecule has 12 aromatic rings. The van der Waals surface area contributed by atoms with Crippen LogP contribution in [0.15, 0.2) is 182 Å². The second-order valence-corrected chi connectivity index (χ2v) is 15.7. The largest absolute Gasteiger partial charge is 0.415 e. The normalized spacial score (nSPS) is 12.2. The molecule has 0 amide bonds. The van der Waals surface area contributed by atoms with E-state index in [0.717, 1.165) is 55.9 Å². The second-order valence-electron chi connectivity index (χ2n) is 15.7. The molecule has 0 aliphatic carbocycles. The quantitative estimate of drug-likeness (QED) is 0.124. The average Bonchev–Trinajstić information content (AvgIpc) is 3.80. The van der Waals surface area contributed by atoms with Gasteiger partial charge in [-0.05, 0) is 150 Å². The molecule has 12 aromatic carbocycles. The maximum atomic E-state index is 14.0. The maximum absolute atomic E-state index is 14.0. The van der Waals surface area contributed by atoms with Gasteiger partial charge < -0.3 is 0 Å². The van der Waals surface area contributed by atoms with Crippen LogP contribution in [-0.2, 0) is 6.18 Å². The van der Waals surface area contributed by atoms with Crippen LogP contribution in [0, 0.1) is 6.57 Å². The molecule has 60 heavy (non-hydrogen) atoms. The van der Waals surface area contributed by atoms with Crippen molar-refractivity contribution in [3.63, 3.8) is 0 Å². The van der Waals surface area contributed by atoms with Crippen molar-refractivity contribution in [3.8, 4) is 44.5 Å². The van der Waals surface area contributed by atoms with Crippen LogP contribution in [0.5, 0.6) is 0 Å². The SMILES string of the molecule is [C-]#[N+]c1cc(-c2cccc(-c3ccc4c5c(-c6ccccc6)c6cc7c8ccccc8c8cccc(c6c(-c6ccccc6)c5c5cccc3c45)c87)c2)cc(C(F)(F)F)c1. The lowest BCUT2D eigenvalue weighted by Gasteiger charge is -2.19. The zero-order chi connectivity index (χ0) is 40.3. The van der Waals surface area contributed by atoms with Gasteiger partial charge in [-0.1, -0.05) is 152 Å². The molecule has 0 saturated heterocycles. The number of rotatable bonds is 4. The lowest BCUT2D eigenvalue weighted by atomic mass is 9.84. The Bertz CT molecular complexity index is 3750. The van der Waals surface area contributed by atoms with Crippen molar-refractivity contribution in [1.82, 2.24) is 0 Å². The summed E-state index contributed by atoms with van der Waals surface area (Å²) in [5.74, 6) is 0. The molecule has 1 nitrogen and oxygen atoms in total. The van der Waals surface area contributed by atoms with Gasteiger partial charge in [0.15, 0.2) is 5.69 Å². The molecule has 0 saturated carbocycles. The number of hydrogen-bond acceptors (Lipinski definition) is 0. The molecule has 0 bridgehead atoms. The highest BCUT2D eigenvalue weighted by Crippen LogP contribution is 2.55. The summed E-state index contributed by atoms with van der Waals surface area (Å²) in [5.41, 5.74) is 6.65. The monoisotopic (exact) mass is 773 g/mol. The summed E-state index contributed by atoms with van der Waals surface area (Å²) in [6.07, 6.45) is -4.57. The fourth-order valence-corrected chi connectivity index (χ4v) is 10.1. The number of halogens is 3. The summed E-state index contributed by atoms with van der Waals surface area (Å²) < 4.78 is 41.9. The van der Waals surface area contributed by atoms with Gasteiger partial charge in [0, 0.05) is 5.56 Å². The standard InChI is InChI=1S/C56H30F3N/c1-60-38-29-36(28-37(30-38)56(57,58)59)34-17-10-18-35(27-34)39-25-26-46-51-42(39)21-11-24-45(51)55-50(33-15-6-3-7-16-33)53-44-23-12-22-43-40-19-8-9-20-41(40)47(52(43)44)31-48(53)49(54(46)55)32-13-4-2-5-14-32/h2-31H. The molecule has 12 rings (SSSR count). The predicted octanol–water partition coefficient (Wildman–Crippen LogP) is 16.9. The lowest BCUT2D eigenvalue weighted by Crippen LogP contribution is -2.04. The fraction of sp³-hybridized carbons (Fsp3) is 0.0179. The smallest absolute Gasteiger partial charge is 0.238 e. The van der Waals surface area contributed by atoms with Gasteiger partial charge in [0.2, 0.25) is 0 Å². The number of nitrogens with zero attached hydrogens (tertiary/aromatic N) is 1. The number of benzene rings is 10. The van der Waals surface area contributed by atoms with Crippen LogP contribution in [0.25, 0.3) is 125 Å². The Balaban J connectivity index is 1.23. The summed E-state index contributed by atoms with van der Waals surface area (Å²) in [5, 5.41) is 16.9. The van der Waals surface area contributed by atoms with Crippen LogP contribution < -0.4 is 0 Å². The van der Waals surface area contributed by atoms with Crippen molar-refractivity contribution in [2.75, 3.05) is 0 Å². The molecule has 0 aliphatic rings. The van der Waals surface area contributed by atoms with Crippen molar-refractivity contribution in [3.05, 3.63) is 199 Å². The zero-order valence-electron chi connectivity index (χ0n) is 31.9. The molecule has 0 heterocycles. The van der Waals surface area contributed by atoms with E-state index in [2.05, 4.69) is 144 Å². The third-order valence-corrected chi connectivity index (χ3v) is 12.5. The first-order valence-electron chi connectivity index (χ1n) is 19.9. The van der Waals surface area contributed by atoms with E-state index in [1.54, 1.807) is 0 Å². The highest BCUT2D eigenvalue weighted by Gasteiger charge is 2.31. The third-order valence-electron chi connectivity index (χ3n) is 12.5. The van der Waals surface area contributed by atoms with E-state index < -0.39 is 11.7 Å². The van der Waals surface area contributed by atoms with Crippen molar-refractivity contribution in [2.45, 2.75) is 6.18 Å². The van der Waals surface area contributed by atoms with Crippen LogP contribution in [0.4, 0.5) is 18.9 Å². The average molecular weight is 774 g/mol. The van der Waals surface area contributed by atoms with Crippen LogP contribution in [0.3, 0.4) is 0 Å². The summed E-state index contributed by atoms with van der Waals surface area (Å²) in [6, 6.07) is 61.6. The third kappa shape index (κ3) is 4.87. The van der Waals surface area contributed by atoms with Gasteiger partial charge in [-0.3, -0.25) is 0 Å². The van der Waals surface area contributed by atoms with Crippen LogP contribution in [0.2, 0.25) is 0 Å². The van der Waals surface area contributed by atoms with Gasteiger partial charge in [0.05, 0.1) is 6.57 Å². The van der Waals surface area contributed by atoms with Gasteiger partial charge in [0.1, 0.15) is 0 Å². The molecule has 0 unspecified atom stereocenters. The van der Waals surface area contributed by atoms with E-state index >= 15 is 0 Å². The summed E-state index contributed by atoms with van der Waals surface area (Å²) in [6.45, 7) is 7.51. The maximum Gasteiger partial charge on any atom is 0.415 e. The van der Waals surface area contributed by atoms with Gasteiger partial charge in [-0.2, -0.15) is 13.2 Å². The minimum atomic E-state index is -4.57. The number of hydrogen-bond donors (Lipinski definition) is 0. The summed E-state index contributed by atoms with van der Waals surface area (Å²) in [7, 11) is 0. The Morgan fingerprint density at radius 1 is 0.333 bits per heavy atom. The molecular weight excluding hydrogens is 744 g/mol. The van der Waals surface area contributed by atoms with E-state index in [0.29, 0.717) is 11.1 Å². The summed E-state index contributed by atoms with van der Waals surface area (Å²) >= 11 is 0. The molecular formula is C56H30F3N. The molecule has 0 radical (unpaired) electrons. The minimum absolute atomic E-state index is 0.0459. The molecule has 0 spiro atoms. The molecule has 0 fully saturated rings. The van der Waals surface area contributed by atoms with Gasteiger partial charge in [-0.15, -0.1) is 0 Å². The lowest BCUT2D eigenvalue weighted by molar-refractivity contribution is -0.137. The molecule has 0 aromatic heterocycles. The van der Waals surface area contributed by atoms with E-state index in [1.165, 1.54) is 71.1 Å². The van der Waals surface area contributed by atoms with Crippen LogP contribution >= 0.6 is 0 Å². The Labute approximate surface area is 342 Å². The number of fused-ring (bicyclic) bond motifs is 8. The molecule has 280 valence electrons. The van der Waals surface area contributed by atoms with Crippen LogP contribution in [0.1, 0.15) is 5.56 Å². The first-order valence-corrected chi connectivity index (χ1v) is 19.9. The van der Waals surface area contributed by atoms with E-state index in [4.69, 9.17) is 6.57 Å². The first-order chi connectivity index (χ1) is 29.4. The second kappa shape index (κ2) is 12.6. The highest BCUT2D eigenvalue weighted by atomic mass is 19.4. The van der Waals surface area contributed by atoms with Crippen molar-refractivity contribution >= 4 is 81.1 Å². The Hall–Kier alpha value is -7.74. The molecule has 0 aliphatic heterocycles. The Kier molecular flexibility index (Phi) is 7.22. The molecule has 4 heteroatoms. The molecule has 0 atom stereocenters. The van der Waals surface area contributed by atoms with Gasteiger partial charge in [-0.25, -0.2) is 4.85 Å². The van der Waals surface area contributed by atoms with Gasteiger partial charge in [0.25, 0.3) is 0 Å². The van der Waals surface area contributed by atoms with Crippen molar-refractivity contribution in [1.29, 1.82) is 0 Å². The van der Waals surface area contributed by atoms with Crippen LogP contribution in [-0.4, -0.2) is 0 Å². The van der Waals surface area contributed by atoms with E-state index in [-0.39, 0.29) is 5.69 Å².